The Morgan fingerprint density at radius 3 is 2.70 bits per heavy atom. The van der Waals surface area contributed by atoms with Gasteiger partial charge in [-0.1, -0.05) is 16.8 Å². The minimum Gasteiger partial charge on any atom is -0.356 e. The van der Waals surface area contributed by atoms with Crippen LogP contribution < -0.4 is 0 Å². The molecule has 0 spiro atoms. The predicted molar refractivity (Wildman–Crippen MR) is 88.5 cm³/mol. The van der Waals surface area contributed by atoms with Gasteiger partial charge in [-0.15, -0.1) is 0 Å². The molecule has 1 aromatic carbocycles. The Bertz CT molecular complexity index is 815. The first-order valence-electron chi connectivity index (χ1n) is 7.20. The molecule has 0 unspecified atom stereocenters. The molecule has 9 heteroatoms. The summed E-state index contributed by atoms with van der Waals surface area (Å²) in [5.74, 6) is 0. The third-order valence-corrected chi connectivity index (χ3v) is 6.34. The van der Waals surface area contributed by atoms with Crippen molar-refractivity contribution in [2.45, 2.75) is 12.6 Å². The fraction of sp³-hybridized carbons (Fsp3) is 0.500. The van der Waals surface area contributed by atoms with E-state index in [1.807, 2.05) is 6.07 Å². The van der Waals surface area contributed by atoms with Gasteiger partial charge < -0.3 is 4.52 Å². The lowest BCUT2D eigenvalue weighted by molar-refractivity contribution is 0.0788. The molecule has 2 aromatic rings. The number of hydrogen-bond acceptors (Lipinski definition) is 5. The molecule has 1 fully saturated rings. The average molecular weight is 359 g/mol. The van der Waals surface area contributed by atoms with Crippen LogP contribution in [0.2, 0.25) is 5.02 Å². The smallest absolute Gasteiger partial charge is 0.281 e. The second-order valence-corrected chi connectivity index (χ2v) is 8.56. The van der Waals surface area contributed by atoms with E-state index in [0.29, 0.717) is 30.2 Å². The summed E-state index contributed by atoms with van der Waals surface area (Å²) in [4.78, 5) is 2.13. The summed E-state index contributed by atoms with van der Waals surface area (Å²) in [6.45, 7) is 1.94. The van der Waals surface area contributed by atoms with Gasteiger partial charge in [0.25, 0.3) is 10.2 Å². The van der Waals surface area contributed by atoms with Crippen LogP contribution in [0.1, 0.15) is 5.69 Å². The summed E-state index contributed by atoms with van der Waals surface area (Å²) in [6.07, 6.45) is 0. The van der Waals surface area contributed by atoms with Gasteiger partial charge in [0, 0.05) is 51.2 Å². The highest BCUT2D eigenvalue weighted by Crippen LogP contribution is 2.26. The number of halogens is 1. The molecule has 2 heterocycles. The Hall–Kier alpha value is -1.19. The van der Waals surface area contributed by atoms with Crippen LogP contribution in [0.15, 0.2) is 22.7 Å². The third-order valence-electron chi connectivity index (χ3n) is 4.16. The second-order valence-electron chi connectivity index (χ2n) is 5.92. The molecule has 1 aliphatic heterocycles. The monoisotopic (exact) mass is 358 g/mol. The number of benzene rings is 1. The normalized spacial score (nSPS) is 17.3. The Labute approximate surface area is 140 Å². The van der Waals surface area contributed by atoms with Crippen molar-refractivity contribution in [2.75, 3.05) is 34.2 Å². The van der Waals surface area contributed by atoms with Gasteiger partial charge in [0.2, 0.25) is 0 Å². The van der Waals surface area contributed by atoms with Crippen molar-refractivity contribution < 1.29 is 12.9 Å². The molecule has 0 saturated carbocycles. The topological polar surface area (TPSA) is 69.9 Å². The van der Waals surface area contributed by atoms with Gasteiger partial charge in [0.1, 0.15) is 5.69 Å². The third kappa shape index (κ3) is 3.09. The number of rotatable bonds is 5. The number of likely N-dealkylation sites (N-methyl/N-ethyl adjacent to an activating group) is 1. The molecular formula is C14H19ClN4O3S. The first kappa shape index (κ1) is 16.7. The number of likely N-dealkylation sites (tertiary alicyclic amines) is 1. The van der Waals surface area contributed by atoms with Crippen LogP contribution in [-0.2, 0) is 16.8 Å². The van der Waals surface area contributed by atoms with Crippen LogP contribution >= 0.6 is 11.6 Å². The molecule has 0 amide bonds. The number of nitrogens with zero attached hydrogens (tertiary/aromatic N) is 4. The lowest BCUT2D eigenvalue weighted by Gasteiger charge is -2.43. The van der Waals surface area contributed by atoms with Crippen LogP contribution in [-0.4, -0.2) is 67.4 Å². The molecule has 0 aliphatic carbocycles. The summed E-state index contributed by atoms with van der Waals surface area (Å²) in [6, 6.07) is 5.37. The number of hydrogen-bond donors (Lipinski definition) is 0. The van der Waals surface area contributed by atoms with Gasteiger partial charge >= 0.3 is 0 Å². The summed E-state index contributed by atoms with van der Waals surface area (Å²) >= 11 is 6.02. The maximum Gasteiger partial charge on any atom is 0.281 e. The Morgan fingerprint density at radius 1 is 1.35 bits per heavy atom. The maximum absolute atomic E-state index is 12.1. The van der Waals surface area contributed by atoms with E-state index in [1.165, 1.54) is 22.7 Å². The standard InChI is InChI=1S/C14H19ClN4O3S/c1-17(2)23(20,21)18(3)11-7-19(8-11)9-13-12-6-10(15)4-5-14(12)22-16-13/h4-6,11H,7-9H2,1-3H3. The van der Waals surface area contributed by atoms with Crippen molar-refractivity contribution in [3.8, 4) is 0 Å². The highest BCUT2D eigenvalue weighted by Gasteiger charge is 2.37. The Kier molecular flexibility index (Phi) is 4.37. The van der Waals surface area contributed by atoms with Crippen molar-refractivity contribution in [3.63, 3.8) is 0 Å². The number of fused-ring (bicyclic) bond motifs is 1. The zero-order valence-corrected chi connectivity index (χ0v) is 14.8. The van der Waals surface area contributed by atoms with E-state index >= 15 is 0 Å². The summed E-state index contributed by atoms with van der Waals surface area (Å²) in [5, 5.41) is 5.63. The van der Waals surface area contributed by atoms with Crippen molar-refractivity contribution >= 4 is 32.8 Å². The Balaban J connectivity index is 1.65. The van der Waals surface area contributed by atoms with E-state index in [4.69, 9.17) is 16.1 Å². The van der Waals surface area contributed by atoms with E-state index in [-0.39, 0.29) is 6.04 Å². The molecule has 0 atom stereocenters. The zero-order chi connectivity index (χ0) is 16.8. The highest BCUT2D eigenvalue weighted by atomic mass is 35.5. The molecule has 0 radical (unpaired) electrons. The van der Waals surface area contributed by atoms with Gasteiger partial charge in [-0.3, -0.25) is 4.90 Å². The van der Waals surface area contributed by atoms with Gasteiger partial charge in [0.15, 0.2) is 5.58 Å². The minimum absolute atomic E-state index is 0.0239. The van der Waals surface area contributed by atoms with Crippen LogP contribution in [0.4, 0.5) is 0 Å². The zero-order valence-electron chi connectivity index (χ0n) is 13.2. The highest BCUT2D eigenvalue weighted by molar-refractivity contribution is 7.86. The fourth-order valence-electron chi connectivity index (χ4n) is 2.63. The average Bonchev–Trinajstić information content (AvgIpc) is 2.83. The van der Waals surface area contributed by atoms with Gasteiger partial charge in [0.05, 0.1) is 6.04 Å². The van der Waals surface area contributed by atoms with E-state index < -0.39 is 10.2 Å². The van der Waals surface area contributed by atoms with Crippen LogP contribution in [0.5, 0.6) is 0 Å². The molecular weight excluding hydrogens is 340 g/mol. The molecule has 1 saturated heterocycles. The summed E-state index contributed by atoms with van der Waals surface area (Å²) in [5.41, 5.74) is 1.52. The van der Waals surface area contributed by atoms with Gasteiger partial charge in [-0.05, 0) is 18.2 Å². The van der Waals surface area contributed by atoms with Crippen molar-refractivity contribution in [1.29, 1.82) is 0 Å². The molecule has 1 aromatic heterocycles. The summed E-state index contributed by atoms with van der Waals surface area (Å²) in [7, 11) is 1.31. The predicted octanol–water partition coefficient (Wildman–Crippen LogP) is 1.40. The molecule has 1 aliphatic rings. The Morgan fingerprint density at radius 2 is 2.04 bits per heavy atom. The lowest BCUT2D eigenvalue weighted by Crippen LogP contribution is -2.60. The first-order valence-corrected chi connectivity index (χ1v) is 8.98. The summed E-state index contributed by atoms with van der Waals surface area (Å²) < 4.78 is 32.1. The largest absolute Gasteiger partial charge is 0.356 e. The quantitative estimate of drug-likeness (QED) is 0.808. The maximum atomic E-state index is 12.1. The number of aromatic nitrogens is 1. The molecule has 23 heavy (non-hydrogen) atoms. The molecule has 0 bridgehead atoms. The molecule has 126 valence electrons. The van der Waals surface area contributed by atoms with Crippen LogP contribution in [0.3, 0.4) is 0 Å². The van der Waals surface area contributed by atoms with Crippen molar-refractivity contribution in [1.82, 2.24) is 18.7 Å². The molecule has 3 rings (SSSR count). The SMILES string of the molecule is CN(C)S(=O)(=O)N(C)C1CN(Cc2noc3ccc(Cl)cc23)C1. The van der Waals surface area contributed by atoms with E-state index in [0.717, 1.165) is 11.1 Å². The van der Waals surface area contributed by atoms with Crippen LogP contribution in [0, 0.1) is 0 Å². The van der Waals surface area contributed by atoms with Crippen molar-refractivity contribution in [2.24, 2.45) is 0 Å². The second kappa shape index (κ2) is 6.03. The van der Waals surface area contributed by atoms with Crippen LogP contribution in [0.25, 0.3) is 11.0 Å². The minimum atomic E-state index is -3.37. The van der Waals surface area contributed by atoms with Gasteiger partial charge in [-0.2, -0.15) is 17.0 Å². The van der Waals surface area contributed by atoms with E-state index in [9.17, 15) is 8.42 Å². The van der Waals surface area contributed by atoms with Crippen molar-refractivity contribution in [3.05, 3.63) is 28.9 Å². The fourth-order valence-corrected chi connectivity index (χ4v) is 3.83. The lowest BCUT2D eigenvalue weighted by atomic mass is 10.1. The molecule has 0 N–H and O–H groups in total. The van der Waals surface area contributed by atoms with E-state index in [2.05, 4.69) is 10.1 Å². The first-order chi connectivity index (χ1) is 10.8. The van der Waals surface area contributed by atoms with Gasteiger partial charge in [-0.25, -0.2) is 0 Å². The molecule has 7 nitrogen and oxygen atoms in total. The van der Waals surface area contributed by atoms with E-state index in [1.54, 1.807) is 19.2 Å².